The van der Waals surface area contributed by atoms with E-state index >= 15 is 0 Å². The third-order valence-electron chi connectivity index (χ3n) is 1.81. The van der Waals surface area contributed by atoms with Crippen molar-refractivity contribution in [3.05, 3.63) is 0 Å². The molecule has 0 aromatic rings. The Bertz CT molecular complexity index is 110. The Kier molecular flexibility index (Phi) is 6.20. The Hall–Kier alpha value is 0.440. The van der Waals surface area contributed by atoms with E-state index in [4.69, 9.17) is 4.74 Å². The Morgan fingerprint density at radius 3 is 2.33 bits per heavy atom. The van der Waals surface area contributed by atoms with E-state index in [2.05, 4.69) is 43.6 Å². The summed E-state index contributed by atoms with van der Waals surface area (Å²) in [5, 5.41) is 1.07. The average molecular weight is 237 g/mol. The van der Waals surface area contributed by atoms with Gasteiger partial charge in [0.2, 0.25) is 0 Å². The van der Waals surface area contributed by atoms with Gasteiger partial charge in [-0.1, -0.05) is 29.8 Å². The predicted molar refractivity (Wildman–Crippen MR) is 57.9 cm³/mol. The van der Waals surface area contributed by atoms with Crippen LogP contribution in [0.5, 0.6) is 0 Å². The van der Waals surface area contributed by atoms with Crippen molar-refractivity contribution in [2.45, 2.75) is 46.6 Å². The molecule has 0 aliphatic rings. The number of hydrogen-bond donors (Lipinski definition) is 0. The maximum atomic E-state index is 5.47. The number of hydrogen-bond acceptors (Lipinski definition) is 1. The van der Waals surface area contributed by atoms with Gasteiger partial charge in [0.15, 0.2) is 0 Å². The van der Waals surface area contributed by atoms with Gasteiger partial charge in [-0.3, -0.25) is 0 Å². The smallest absolute Gasteiger partial charge is 0.0518 e. The quantitative estimate of drug-likeness (QED) is 0.506. The predicted octanol–water partition coefficient (Wildman–Crippen LogP) is 3.61. The largest absolute Gasteiger partial charge is 0.379 e. The van der Waals surface area contributed by atoms with Crippen molar-refractivity contribution < 1.29 is 4.74 Å². The highest BCUT2D eigenvalue weighted by atomic mass is 79.9. The first kappa shape index (κ1) is 12.4. The van der Waals surface area contributed by atoms with Crippen LogP contribution in [0.1, 0.15) is 40.5 Å². The molecule has 0 saturated heterocycles. The van der Waals surface area contributed by atoms with E-state index in [1.165, 1.54) is 6.42 Å². The molecular formula is C10H21BrO. The fourth-order valence-electron chi connectivity index (χ4n) is 0.937. The summed E-state index contributed by atoms with van der Waals surface area (Å²) in [6.07, 6.45) is 2.76. The van der Waals surface area contributed by atoms with E-state index in [-0.39, 0.29) is 0 Å². The first-order valence-electron chi connectivity index (χ1n) is 4.65. The summed E-state index contributed by atoms with van der Waals surface area (Å²) >= 11 is 3.51. The van der Waals surface area contributed by atoms with E-state index in [1.807, 2.05) is 0 Å². The van der Waals surface area contributed by atoms with Crippen molar-refractivity contribution in [2.24, 2.45) is 5.41 Å². The zero-order valence-electron chi connectivity index (χ0n) is 8.69. The highest BCUT2D eigenvalue weighted by Crippen LogP contribution is 2.24. The highest BCUT2D eigenvalue weighted by molar-refractivity contribution is 9.09. The van der Waals surface area contributed by atoms with Crippen molar-refractivity contribution in [2.75, 3.05) is 11.9 Å². The molecule has 74 valence electrons. The molecule has 0 aliphatic carbocycles. The summed E-state index contributed by atoms with van der Waals surface area (Å²) < 4.78 is 5.47. The van der Waals surface area contributed by atoms with Crippen molar-refractivity contribution in [1.29, 1.82) is 0 Å². The molecule has 0 atom stereocenters. The van der Waals surface area contributed by atoms with E-state index in [1.54, 1.807) is 0 Å². The molecule has 0 aromatic heterocycles. The third kappa shape index (κ3) is 7.11. The van der Waals surface area contributed by atoms with Crippen molar-refractivity contribution >= 4 is 15.9 Å². The normalized spacial score (nSPS) is 12.5. The van der Waals surface area contributed by atoms with E-state index in [0.29, 0.717) is 11.5 Å². The molecular weight excluding hydrogens is 216 g/mol. The van der Waals surface area contributed by atoms with Crippen molar-refractivity contribution in [3.63, 3.8) is 0 Å². The molecule has 0 saturated carbocycles. The monoisotopic (exact) mass is 236 g/mol. The lowest BCUT2D eigenvalue weighted by Crippen LogP contribution is -2.14. The zero-order valence-corrected chi connectivity index (χ0v) is 10.3. The molecule has 12 heavy (non-hydrogen) atoms. The van der Waals surface area contributed by atoms with Gasteiger partial charge < -0.3 is 4.74 Å². The van der Waals surface area contributed by atoms with E-state index in [0.717, 1.165) is 18.4 Å². The number of alkyl halides is 1. The molecule has 0 bridgehead atoms. The first-order chi connectivity index (χ1) is 5.48. The van der Waals surface area contributed by atoms with Crippen LogP contribution in [0.4, 0.5) is 0 Å². The van der Waals surface area contributed by atoms with Crippen molar-refractivity contribution in [1.82, 2.24) is 0 Å². The van der Waals surface area contributed by atoms with Crippen LogP contribution in [0.3, 0.4) is 0 Å². The van der Waals surface area contributed by atoms with Crippen LogP contribution in [-0.4, -0.2) is 18.0 Å². The summed E-state index contributed by atoms with van der Waals surface area (Å²) in [6.45, 7) is 9.60. The van der Waals surface area contributed by atoms with Crippen LogP contribution >= 0.6 is 15.9 Å². The van der Waals surface area contributed by atoms with Gasteiger partial charge in [0.25, 0.3) is 0 Å². The Morgan fingerprint density at radius 1 is 1.33 bits per heavy atom. The molecule has 0 N–H and O–H groups in total. The molecule has 0 fully saturated rings. The molecule has 0 radical (unpaired) electrons. The van der Waals surface area contributed by atoms with Gasteiger partial charge in [0.1, 0.15) is 0 Å². The second-order valence-electron chi connectivity index (χ2n) is 4.32. The molecule has 0 unspecified atom stereocenters. The number of ether oxygens (including phenoxy) is 1. The zero-order chi connectivity index (χ0) is 9.61. The van der Waals surface area contributed by atoms with Gasteiger partial charge in [0, 0.05) is 11.9 Å². The van der Waals surface area contributed by atoms with Crippen LogP contribution in [0, 0.1) is 5.41 Å². The molecule has 0 spiro atoms. The highest BCUT2D eigenvalue weighted by Gasteiger charge is 2.14. The Labute approximate surface area is 85.0 Å². The maximum absolute atomic E-state index is 5.47. The van der Waals surface area contributed by atoms with Gasteiger partial charge >= 0.3 is 0 Å². The lowest BCUT2D eigenvalue weighted by molar-refractivity contribution is 0.0713. The maximum Gasteiger partial charge on any atom is 0.0518 e. The molecule has 2 heteroatoms. The lowest BCUT2D eigenvalue weighted by Gasteiger charge is -2.21. The van der Waals surface area contributed by atoms with Crippen LogP contribution in [0.25, 0.3) is 0 Å². The van der Waals surface area contributed by atoms with Gasteiger partial charge in [-0.05, 0) is 32.1 Å². The Balaban J connectivity index is 3.31. The van der Waals surface area contributed by atoms with Crippen LogP contribution in [-0.2, 0) is 4.74 Å². The van der Waals surface area contributed by atoms with Crippen molar-refractivity contribution in [3.8, 4) is 0 Å². The topological polar surface area (TPSA) is 9.23 Å². The van der Waals surface area contributed by atoms with Crippen LogP contribution in [0.15, 0.2) is 0 Å². The minimum absolute atomic E-state index is 0.372. The minimum atomic E-state index is 0.372. The molecule has 0 rings (SSSR count). The second-order valence-corrected chi connectivity index (χ2v) is 4.88. The standard InChI is InChI=1S/C10H21BrO/c1-9(2)12-7-5-6-10(3,4)8-11/h9H,5-8H2,1-4H3. The van der Waals surface area contributed by atoms with Gasteiger partial charge in [-0.25, -0.2) is 0 Å². The average Bonchev–Trinajstić information content (AvgIpc) is 1.98. The molecule has 0 heterocycles. The molecule has 0 amide bonds. The van der Waals surface area contributed by atoms with Crippen LogP contribution < -0.4 is 0 Å². The van der Waals surface area contributed by atoms with Crippen LogP contribution in [0.2, 0.25) is 0 Å². The SMILES string of the molecule is CC(C)OCCCC(C)(C)CBr. The van der Waals surface area contributed by atoms with Gasteiger partial charge in [-0.15, -0.1) is 0 Å². The summed E-state index contributed by atoms with van der Waals surface area (Å²) in [5.74, 6) is 0. The summed E-state index contributed by atoms with van der Waals surface area (Å²) in [5.41, 5.74) is 0.417. The number of halogens is 1. The van der Waals surface area contributed by atoms with Gasteiger partial charge in [0.05, 0.1) is 6.10 Å². The van der Waals surface area contributed by atoms with Gasteiger partial charge in [-0.2, -0.15) is 0 Å². The van der Waals surface area contributed by atoms with E-state index in [9.17, 15) is 0 Å². The molecule has 1 nitrogen and oxygen atoms in total. The fourth-order valence-corrected chi connectivity index (χ4v) is 1.22. The second kappa shape index (κ2) is 5.98. The minimum Gasteiger partial charge on any atom is -0.379 e. The fraction of sp³-hybridized carbons (Fsp3) is 1.00. The first-order valence-corrected chi connectivity index (χ1v) is 5.77. The summed E-state index contributed by atoms with van der Waals surface area (Å²) in [4.78, 5) is 0. The summed E-state index contributed by atoms with van der Waals surface area (Å²) in [6, 6.07) is 0. The Morgan fingerprint density at radius 2 is 1.92 bits per heavy atom. The molecule has 0 aliphatic heterocycles. The molecule has 0 aromatic carbocycles. The third-order valence-corrected chi connectivity index (χ3v) is 3.33. The lowest BCUT2D eigenvalue weighted by atomic mass is 9.91. The number of rotatable bonds is 6. The summed E-state index contributed by atoms with van der Waals surface area (Å²) in [7, 11) is 0. The van der Waals surface area contributed by atoms with E-state index < -0.39 is 0 Å².